The molecule has 256 valence electrons. The number of fused-ring (bicyclic) bond motifs is 2. The molecule has 48 heavy (non-hydrogen) atoms. The lowest BCUT2D eigenvalue weighted by Gasteiger charge is -2.29. The topological polar surface area (TPSA) is 82.8 Å². The minimum atomic E-state index is -1.28. The summed E-state index contributed by atoms with van der Waals surface area (Å²) in [7, 11) is 0.360. The maximum atomic E-state index is 15.4. The van der Waals surface area contributed by atoms with Crippen LogP contribution in [0.5, 0.6) is 11.5 Å². The molecule has 2 aliphatic rings. The first-order chi connectivity index (χ1) is 23.0. The second kappa shape index (κ2) is 14.1. The first-order valence-electron chi connectivity index (χ1n) is 17.5. The number of unbranched alkanes of at least 4 members (excludes halogenated alkanes) is 1. The van der Waals surface area contributed by atoms with Crippen LogP contribution in [-0.4, -0.2) is 48.8 Å². The normalized spacial score (nSPS) is 15.7. The van der Waals surface area contributed by atoms with E-state index in [2.05, 4.69) is 26.6 Å². The number of pyridine rings is 1. The van der Waals surface area contributed by atoms with E-state index in [4.69, 9.17) is 19.2 Å². The van der Waals surface area contributed by atoms with Crippen molar-refractivity contribution in [2.75, 3.05) is 20.3 Å². The van der Waals surface area contributed by atoms with Crippen LogP contribution in [0.4, 0.5) is 4.39 Å². The number of methoxy groups -OCH3 is 1. The third-order valence-electron chi connectivity index (χ3n) is 9.84. The Labute approximate surface area is 284 Å². The van der Waals surface area contributed by atoms with E-state index in [9.17, 15) is 9.90 Å². The maximum Gasteiger partial charge on any atom is 0.163 e. The van der Waals surface area contributed by atoms with Crippen molar-refractivity contribution < 1.29 is 28.5 Å². The van der Waals surface area contributed by atoms with Gasteiger partial charge in [0.05, 0.1) is 24.9 Å². The molecule has 7 nitrogen and oxygen atoms in total. The number of ether oxygens (including phenoxy) is 3. The third kappa shape index (κ3) is 7.23. The Kier molecular flexibility index (Phi) is 10.1. The van der Waals surface area contributed by atoms with Gasteiger partial charge < -0.3 is 23.9 Å². The van der Waals surface area contributed by atoms with Crippen LogP contribution in [0.1, 0.15) is 72.6 Å². The fraction of sp³-hybridized carbons (Fsp3) is 0.487. The summed E-state index contributed by atoms with van der Waals surface area (Å²) in [5.74, 6) is 1.05. The molecular weight excluding hydrogens is 624 g/mol. The van der Waals surface area contributed by atoms with Crippen LogP contribution < -0.4 is 9.47 Å². The van der Waals surface area contributed by atoms with Gasteiger partial charge in [-0.3, -0.25) is 4.79 Å². The van der Waals surface area contributed by atoms with Crippen LogP contribution in [0.3, 0.4) is 0 Å². The number of carbonyl (C=O) groups excluding carboxylic acids is 1. The van der Waals surface area contributed by atoms with Gasteiger partial charge in [-0.25, -0.2) is 9.37 Å². The van der Waals surface area contributed by atoms with Crippen LogP contribution in [0.2, 0.25) is 25.7 Å². The smallest absolute Gasteiger partial charge is 0.163 e. The number of carbonyl (C=O) groups is 1. The lowest BCUT2D eigenvalue weighted by molar-refractivity contribution is -0.00112. The SMILES string of the molecule is CCCCc1ccc(C(=O)CCC(O)(c2cc3c(c(-c4cn(COCC[Si](C)(C)C)c5c(F)cccc45)n2)OCC3)C2CC2)cc1OC. The zero-order chi connectivity index (χ0) is 34.1. The summed E-state index contributed by atoms with van der Waals surface area (Å²) in [5.41, 5.74) is 3.71. The van der Waals surface area contributed by atoms with E-state index >= 15 is 4.39 Å². The summed E-state index contributed by atoms with van der Waals surface area (Å²) >= 11 is 0. The van der Waals surface area contributed by atoms with Crippen molar-refractivity contribution in [2.24, 2.45) is 5.92 Å². The molecule has 1 atom stereocenters. The number of aryl methyl sites for hydroxylation is 1. The Hall–Kier alpha value is -3.53. The van der Waals surface area contributed by atoms with Crippen molar-refractivity contribution in [3.8, 4) is 22.8 Å². The Morgan fingerprint density at radius 3 is 2.73 bits per heavy atom. The number of nitrogens with zero attached hydrogens (tertiary/aromatic N) is 2. The number of rotatable bonds is 16. The first kappa shape index (κ1) is 34.3. The van der Waals surface area contributed by atoms with Gasteiger partial charge in [0.25, 0.3) is 0 Å². The van der Waals surface area contributed by atoms with Gasteiger partial charge in [0, 0.05) is 55.8 Å². The summed E-state index contributed by atoms with van der Waals surface area (Å²) in [6.07, 6.45) is 7.80. The number of aromatic nitrogens is 2. The highest BCUT2D eigenvalue weighted by Gasteiger charge is 2.47. The molecule has 1 fully saturated rings. The number of halogens is 1. The molecule has 1 aliphatic carbocycles. The van der Waals surface area contributed by atoms with Crippen LogP contribution in [0.15, 0.2) is 48.7 Å². The molecule has 4 aromatic rings. The molecule has 0 saturated heterocycles. The van der Waals surface area contributed by atoms with Gasteiger partial charge in [-0.05, 0) is 67.8 Å². The molecule has 0 spiro atoms. The Balaban J connectivity index is 1.31. The predicted octanol–water partition coefficient (Wildman–Crippen LogP) is 8.70. The monoisotopic (exact) mass is 672 g/mol. The molecular formula is C39H49FN2O5Si. The molecule has 2 aromatic heterocycles. The van der Waals surface area contributed by atoms with Crippen molar-refractivity contribution in [3.63, 3.8) is 0 Å². The van der Waals surface area contributed by atoms with Crippen LogP contribution in [0, 0.1) is 11.7 Å². The second-order valence-electron chi connectivity index (χ2n) is 14.7. The van der Waals surface area contributed by atoms with Crippen molar-refractivity contribution in [1.82, 2.24) is 9.55 Å². The van der Waals surface area contributed by atoms with E-state index in [0.29, 0.717) is 53.2 Å². The van der Waals surface area contributed by atoms with Crippen molar-refractivity contribution in [2.45, 2.75) is 96.3 Å². The van der Waals surface area contributed by atoms with Crippen LogP contribution in [0.25, 0.3) is 22.2 Å². The van der Waals surface area contributed by atoms with Gasteiger partial charge in [-0.1, -0.05) is 57.3 Å². The molecule has 1 N–H and O–H groups in total. The summed E-state index contributed by atoms with van der Waals surface area (Å²) in [5, 5.41) is 13.1. The van der Waals surface area contributed by atoms with E-state index in [1.165, 1.54) is 6.07 Å². The Morgan fingerprint density at radius 1 is 1.19 bits per heavy atom. The van der Waals surface area contributed by atoms with Crippen LogP contribution >= 0.6 is 0 Å². The van der Waals surface area contributed by atoms with Crippen molar-refractivity contribution >= 4 is 24.8 Å². The molecule has 1 unspecified atom stereocenters. The number of hydrogen-bond donors (Lipinski definition) is 1. The highest BCUT2D eigenvalue weighted by Crippen LogP contribution is 2.50. The van der Waals surface area contributed by atoms with E-state index in [0.717, 1.165) is 60.6 Å². The van der Waals surface area contributed by atoms with Gasteiger partial charge in [-0.15, -0.1) is 0 Å². The van der Waals surface area contributed by atoms with E-state index in [-0.39, 0.29) is 37.1 Å². The lowest BCUT2D eigenvalue weighted by Crippen LogP contribution is -2.31. The van der Waals surface area contributed by atoms with Crippen molar-refractivity contribution in [3.05, 3.63) is 76.9 Å². The summed E-state index contributed by atoms with van der Waals surface area (Å²) in [4.78, 5) is 18.6. The summed E-state index contributed by atoms with van der Waals surface area (Å²) in [6.45, 7) is 10.4. The number of aliphatic hydroxyl groups is 1. The largest absolute Gasteiger partial charge is 0.496 e. The highest BCUT2D eigenvalue weighted by molar-refractivity contribution is 6.76. The van der Waals surface area contributed by atoms with Gasteiger partial charge in [0.1, 0.15) is 35.3 Å². The number of para-hydroxylation sites is 1. The minimum absolute atomic E-state index is 0.00975. The zero-order valence-corrected chi connectivity index (χ0v) is 30.0. The number of benzene rings is 2. The average molecular weight is 673 g/mol. The predicted molar refractivity (Wildman–Crippen MR) is 190 cm³/mol. The van der Waals surface area contributed by atoms with Crippen LogP contribution in [-0.2, 0) is 29.9 Å². The average Bonchev–Trinajstić information content (AvgIpc) is 3.71. The quantitative estimate of drug-likeness (QED) is 0.0729. The minimum Gasteiger partial charge on any atom is -0.496 e. The molecule has 0 bridgehead atoms. The molecule has 3 heterocycles. The molecule has 1 saturated carbocycles. The zero-order valence-electron chi connectivity index (χ0n) is 29.0. The maximum absolute atomic E-state index is 15.4. The molecule has 0 amide bonds. The van der Waals surface area contributed by atoms with E-state index < -0.39 is 13.7 Å². The molecule has 6 rings (SSSR count). The number of hydrogen-bond acceptors (Lipinski definition) is 6. The number of ketones is 1. The summed E-state index contributed by atoms with van der Waals surface area (Å²) < 4.78 is 35.0. The fourth-order valence-corrected chi connectivity index (χ4v) is 7.55. The highest BCUT2D eigenvalue weighted by atomic mass is 28.3. The summed E-state index contributed by atoms with van der Waals surface area (Å²) in [6, 6.07) is 13.7. The first-order valence-corrected chi connectivity index (χ1v) is 21.2. The number of Topliss-reactive ketones (excluding diaryl/α,β-unsaturated/α-hetero) is 1. The standard InChI is InChI=1S/C39H49FN2O5Si/c1-6-7-9-26-12-13-27(22-34(26)45-2)33(43)16-18-39(44,29-14-15-29)35-23-28-17-19-47-38(28)36(41-35)31-24-42(25-46-20-21-48(3,4)5)37-30(31)10-8-11-32(37)40/h8,10-13,22-24,29,44H,6-7,9,14-21,25H2,1-5H3. The molecule has 0 radical (unpaired) electrons. The Morgan fingerprint density at radius 2 is 2.00 bits per heavy atom. The van der Waals surface area contributed by atoms with Gasteiger partial charge in [0.15, 0.2) is 5.78 Å². The van der Waals surface area contributed by atoms with Crippen molar-refractivity contribution in [1.29, 1.82) is 0 Å². The van der Waals surface area contributed by atoms with Gasteiger partial charge in [-0.2, -0.15) is 0 Å². The van der Waals surface area contributed by atoms with E-state index in [1.807, 2.05) is 41.1 Å². The lowest BCUT2D eigenvalue weighted by atomic mass is 9.85. The molecule has 2 aromatic carbocycles. The molecule has 9 heteroatoms. The van der Waals surface area contributed by atoms with Gasteiger partial charge >= 0.3 is 0 Å². The fourth-order valence-electron chi connectivity index (χ4n) is 6.79. The van der Waals surface area contributed by atoms with E-state index in [1.54, 1.807) is 13.2 Å². The van der Waals surface area contributed by atoms with Gasteiger partial charge in [0.2, 0.25) is 0 Å². The second-order valence-corrected chi connectivity index (χ2v) is 20.3. The third-order valence-corrected chi connectivity index (χ3v) is 11.5. The molecule has 1 aliphatic heterocycles. The Bertz CT molecular complexity index is 1790.